The highest BCUT2D eigenvalue weighted by atomic mass is 16.6. The number of benzene rings is 6. The first kappa shape index (κ1) is 17.0. The maximum atomic E-state index is 6.40. The van der Waals surface area contributed by atoms with Crippen molar-refractivity contribution in [1.29, 1.82) is 0 Å². The van der Waals surface area contributed by atoms with E-state index < -0.39 is 0 Å². The van der Waals surface area contributed by atoms with Crippen LogP contribution in [0.15, 0.2) is 109 Å². The fraction of sp³-hybridized carbons (Fsp3) is 0.0667. The van der Waals surface area contributed by atoms with Crippen LogP contribution in [0.3, 0.4) is 0 Å². The van der Waals surface area contributed by atoms with Gasteiger partial charge in [0, 0.05) is 0 Å². The largest absolute Gasteiger partial charge is 0.359 e. The summed E-state index contributed by atoms with van der Waals surface area (Å²) in [6, 6.07) is 39.4. The summed E-state index contributed by atoms with van der Waals surface area (Å²) in [4.78, 5) is 0. The molecule has 146 valence electrons. The molecule has 7 rings (SSSR count). The third kappa shape index (κ3) is 2.54. The van der Waals surface area contributed by atoms with Gasteiger partial charge in [-0.1, -0.05) is 97.1 Å². The predicted molar refractivity (Wildman–Crippen MR) is 129 cm³/mol. The second-order valence-corrected chi connectivity index (χ2v) is 8.44. The molecule has 1 saturated heterocycles. The van der Waals surface area contributed by atoms with Crippen LogP contribution in [-0.4, -0.2) is 0 Å². The summed E-state index contributed by atoms with van der Waals surface area (Å²) in [5.74, 6) is 0. The number of hydrogen-bond donors (Lipinski definition) is 0. The number of rotatable bonds is 2. The molecule has 1 fully saturated rings. The van der Waals surface area contributed by atoms with Crippen molar-refractivity contribution in [2.24, 2.45) is 0 Å². The van der Waals surface area contributed by atoms with Crippen molar-refractivity contribution in [3.8, 4) is 0 Å². The van der Waals surface area contributed by atoms with Crippen molar-refractivity contribution >= 4 is 43.1 Å². The Morgan fingerprint density at radius 3 is 1.19 bits per heavy atom. The monoisotopic (exact) mass is 396 g/mol. The van der Waals surface area contributed by atoms with Crippen molar-refractivity contribution in [2.45, 2.75) is 12.2 Å². The van der Waals surface area contributed by atoms with Crippen molar-refractivity contribution < 1.29 is 4.74 Å². The van der Waals surface area contributed by atoms with Gasteiger partial charge in [0.2, 0.25) is 0 Å². The van der Waals surface area contributed by atoms with Crippen LogP contribution in [0.5, 0.6) is 0 Å². The third-order valence-electron chi connectivity index (χ3n) is 6.70. The first-order valence-electron chi connectivity index (χ1n) is 10.8. The van der Waals surface area contributed by atoms with Gasteiger partial charge in [0.05, 0.1) is 0 Å². The van der Waals surface area contributed by atoms with Crippen LogP contribution in [0.2, 0.25) is 0 Å². The first-order valence-corrected chi connectivity index (χ1v) is 10.8. The molecule has 0 N–H and O–H groups in total. The van der Waals surface area contributed by atoms with Crippen LogP contribution in [0.4, 0.5) is 0 Å². The minimum absolute atomic E-state index is 0.0825. The van der Waals surface area contributed by atoms with Crippen molar-refractivity contribution in [3.63, 3.8) is 0 Å². The van der Waals surface area contributed by atoms with E-state index in [0.29, 0.717) is 0 Å². The van der Waals surface area contributed by atoms with E-state index in [0.717, 1.165) is 0 Å². The van der Waals surface area contributed by atoms with Gasteiger partial charge in [-0.2, -0.15) is 0 Å². The molecule has 1 nitrogen and oxygen atoms in total. The first-order chi connectivity index (χ1) is 15.4. The predicted octanol–water partition coefficient (Wildman–Crippen LogP) is 8.11. The smallest absolute Gasteiger partial charge is 0.114 e. The molecule has 31 heavy (non-hydrogen) atoms. The van der Waals surface area contributed by atoms with Gasteiger partial charge in [-0.15, -0.1) is 0 Å². The number of hydrogen-bond acceptors (Lipinski definition) is 1. The quantitative estimate of drug-likeness (QED) is 0.213. The lowest BCUT2D eigenvalue weighted by atomic mass is 9.91. The van der Waals surface area contributed by atoms with Gasteiger partial charge < -0.3 is 4.74 Å². The maximum Gasteiger partial charge on any atom is 0.114 e. The van der Waals surface area contributed by atoms with Gasteiger partial charge in [-0.05, 0) is 66.3 Å². The van der Waals surface area contributed by atoms with Gasteiger partial charge in [-0.3, -0.25) is 0 Å². The molecule has 1 aliphatic rings. The molecule has 1 heteroatoms. The normalized spacial score (nSPS) is 18.2. The fourth-order valence-electron chi connectivity index (χ4n) is 5.22. The standard InChI is InChI=1S/C30H20O/c1-3-11-21-19(9-1)17-27(25-15-7-5-13-23(21)25)29-30(31-29)28-18-20-10-2-4-12-22(20)24-14-6-8-16-26(24)28/h1-18,29-30H. The zero-order valence-corrected chi connectivity index (χ0v) is 17.0. The van der Waals surface area contributed by atoms with Gasteiger partial charge in [0.15, 0.2) is 0 Å². The van der Waals surface area contributed by atoms with E-state index in [1.807, 2.05) is 0 Å². The van der Waals surface area contributed by atoms with Crippen LogP contribution in [0.25, 0.3) is 43.1 Å². The maximum absolute atomic E-state index is 6.40. The van der Waals surface area contributed by atoms with Crippen LogP contribution in [0, 0.1) is 0 Å². The van der Waals surface area contributed by atoms with Crippen molar-refractivity contribution in [2.75, 3.05) is 0 Å². The second-order valence-electron chi connectivity index (χ2n) is 8.44. The highest BCUT2D eigenvalue weighted by Gasteiger charge is 2.43. The van der Waals surface area contributed by atoms with E-state index in [1.54, 1.807) is 0 Å². The molecular formula is C30H20O. The Hall–Kier alpha value is -3.68. The minimum atomic E-state index is 0.0825. The number of epoxide rings is 1. The Balaban J connectivity index is 1.44. The number of ether oxygens (including phenoxy) is 1. The molecule has 6 aromatic rings. The molecule has 0 aliphatic carbocycles. The molecule has 2 atom stereocenters. The van der Waals surface area contributed by atoms with Crippen molar-refractivity contribution in [3.05, 3.63) is 120 Å². The lowest BCUT2D eigenvalue weighted by Crippen LogP contribution is -1.91. The van der Waals surface area contributed by atoms with E-state index in [-0.39, 0.29) is 12.2 Å². The molecule has 2 unspecified atom stereocenters. The molecule has 0 amide bonds. The molecule has 0 radical (unpaired) electrons. The second kappa shape index (κ2) is 6.41. The van der Waals surface area contributed by atoms with E-state index in [2.05, 4.69) is 109 Å². The Labute approximate surface area is 180 Å². The molecule has 0 aromatic heterocycles. The Morgan fingerprint density at radius 2 is 0.742 bits per heavy atom. The number of fused-ring (bicyclic) bond motifs is 6. The zero-order valence-electron chi connectivity index (χ0n) is 17.0. The van der Waals surface area contributed by atoms with Crippen LogP contribution < -0.4 is 0 Å². The molecule has 6 aromatic carbocycles. The molecule has 1 aliphatic heterocycles. The average Bonchev–Trinajstić information content (AvgIpc) is 3.64. The Bertz CT molecular complexity index is 1510. The SMILES string of the molecule is c1ccc2c(c1)cc(C1OC1c1cc3ccccc3c3ccccc13)c1ccccc12. The van der Waals surface area contributed by atoms with Gasteiger partial charge in [0.25, 0.3) is 0 Å². The van der Waals surface area contributed by atoms with Crippen LogP contribution >= 0.6 is 0 Å². The zero-order chi connectivity index (χ0) is 20.4. The lowest BCUT2D eigenvalue weighted by molar-refractivity contribution is 0.379. The summed E-state index contributed by atoms with van der Waals surface area (Å²) in [5.41, 5.74) is 2.58. The van der Waals surface area contributed by atoms with Gasteiger partial charge in [-0.25, -0.2) is 0 Å². The van der Waals surface area contributed by atoms with E-state index in [9.17, 15) is 0 Å². The lowest BCUT2D eigenvalue weighted by Gasteiger charge is -2.11. The average molecular weight is 396 g/mol. The molecular weight excluding hydrogens is 376 g/mol. The molecule has 1 heterocycles. The molecule has 0 bridgehead atoms. The molecule has 0 saturated carbocycles. The highest BCUT2D eigenvalue weighted by molar-refractivity contribution is 6.10. The van der Waals surface area contributed by atoms with E-state index in [4.69, 9.17) is 4.74 Å². The van der Waals surface area contributed by atoms with E-state index >= 15 is 0 Å². The fourth-order valence-corrected chi connectivity index (χ4v) is 5.22. The van der Waals surface area contributed by atoms with Gasteiger partial charge in [0.1, 0.15) is 12.2 Å². The third-order valence-corrected chi connectivity index (χ3v) is 6.70. The van der Waals surface area contributed by atoms with Crippen molar-refractivity contribution in [1.82, 2.24) is 0 Å². The highest BCUT2D eigenvalue weighted by Crippen LogP contribution is 2.55. The summed E-state index contributed by atoms with van der Waals surface area (Å²) in [7, 11) is 0. The van der Waals surface area contributed by atoms with Crippen LogP contribution in [-0.2, 0) is 4.74 Å². The summed E-state index contributed by atoms with van der Waals surface area (Å²) >= 11 is 0. The molecule has 0 spiro atoms. The Morgan fingerprint density at radius 1 is 0.387 bits per heavy atom. The topological polar surface area (TPSA) is 12.5 Å². The van der Waals surface area contributed by atoms with E-state index in [1.165, 1.54) is 54.2 Å². The minimum Gasteiger partial charge on any atom is -0.359 e. The summed E-state index contributed by atoms with van der Waals surface area (Å²) in [6.45, 7) is 0. The summed E-state index contributed by atoms with van der Waals surface area (Å²) in [5, 5.41) is 10.3. The Kier molecular flexibility index (Phi) is 3.52. The summed E-state index contributed by atoms with van der Waals surface area (Å²) in [6.07, 6.45) is 0.165. The van der Waals surface area contributed by atoms with Crippen LogP contribution in [0.1, 0.15) is 23.3 Å². The van der Waals surface area contributed by atoms with Gasteiger partial charge >= 0.3 is 0 Å². The summed E-state index contributed by atoms with van der Waals surface area (Å²) < 4.78 is 6.40.